The maximum Gasteiger partial charge on any atom is 0.422 e. The summed E-state index contributed by atoms with van der Waals surface area (Å²) in [6.45, 7) is 2.73. The fourth-order valence-electron chi connectivity index (χ4n) is 3.65. The smallest absolute Gasteiger partial charge is 0.422 e. The number of alkyl halides is 3. The molecule has 0 aliphatic rings. The number of pyridine rings is 1. The van der Waals surface area contributed by atoms with E-state index in [-0.39, 0.29) is 16.8 Å². The first kappa shape index (κ1) is 23.5. The normalized spacial score (nSPS) is 16.1. The van der Waals surface area contributed by atoms with Gasteiger partial charge in [-0.1, -0.05) is 26.0 Å². The molecule has 32 heavy (non-hydrogen) atoms. The summed E-state index contributed by atoms with van der Waals surface area (Å²) in [7, 11) is 1.29. The van der Waals surface area contributed by atoms with Crippen LogP contribution in [-0.2, 0) is 0 Å². The van der Waals surface area contributed by atoms with Crippen molar-refractivity contribution in [2.45, 2.75) is 31.5 Å². The number of hydrogen-bond acceptors (Lipinski definition) is 4. The highest BCUT2D eigenvalue weighted by Crippen LogP contribution is 2.44. The highest BCUT2D eigenvalue weighted by molar-refractivity contribution is 5.93. The summed E-state index contributed by atoms with van der Waals surface area (Å²) in [5.41, 5.74) is -3.30. The van der Waals surface area contributed by atoms with Crippen molar-refractivity contribution in [1.29, 1.82) is 0 Å². The number of fused-ring (bicyclic) bond motifs is 1. The molecule has 2 aromatic carbocycles. The minimum Gasteiger partial charge on any atom is -0.496 e. The van der Waals surface area contributed by atoms with Gasteiger partial charge in [-0.05, 0) is 35.7 Å². The van der Waals surface area contributed by atoms with Crippen LogP contribution in [0.2, 0.25) is 0 Å². The van der Waals surface area contributed by atoms with E-state index in [2.05, 4.69) is 9.98 Å². The van der Waals surface area contributed by atoms with E-state index in [0.717, 1.165) is 12.1 Å². The third-order valence-corrected chi connectivity index (χ3v) is 5.78. The first-order valence-corrected chi connectivity index (χ1v) is 9.77. The summed E-state index contributed by atoms with van der Waals surface area (Å²) in [4.78, 5) is 18.4. The van der Waals surface area contributed by atoms with Gasteiger partial charge in [-0.25, -0.2) is 4.39 Å². The third kappa shape index (κ3) is 4.25. The van der Waals surface area contributed by atoms with Crippen molar-refractivity contribution in [3.63, 3.8) is 0 Å². The van der Waals surface area contributed by atoms with E-state index in [4.69, 9.17) is 4.74 Å². The molecule has 1 heterocycles. The van der Waals surface area contributed by atoms with Crippen LogP contribution in [0.3, 0.4) is 0 Å². The lowest BCUT2D eigenvalue weighted by Gasteiger charge is -2.36. The highest BCUT2D eigenvalue weighted by atomic mass is 19.4. The molecule has 1 aromatic heterocycles. The van der Waals surface area contributed by atoms with Crippen molar-refractivity contribution in [3.05, 3.63) is 70.4 Å². The summed E-state index contributed by atoms with van der Waals surface area (Å²) < 4.78 is 60.9. The summed E-state index contributed by atoms with van der Waals surface area (Å²) >= 11 is 0. The minimum absolute atomic E-state index is 0.0825. The zero-order valence-corrected chi connectivity index (χ0v) is 17.6. The van der Waals surface area contributed by atoms with Crippen molar-refractivity contribution in [1.82, 2.24) is 4.98 Å². The molecular formula is C23H22F4N2O3. The molecule has 0 aliphatic carbocycles. The first-order chi connectivity index (χ1) is 15.0. The summed E-state index contributed by atoms with van der Waals surface area (Å²) in [6, 6.07) is 9.52. The van der Waals surface area contributed by atoms with Crippen LogP contribution in [0.1, 0.15) is 25.3 Å². The van der Waals surface area contributed by atoms with E-state index in [9.17, 15) is 27.5 Å². The van der Waals surface area contributed by atoms with Crippen LogP contribution >= 0.6 is 0 Å². The van der Waals surface area contributed by atoms with Crippen LogP contribution in [0.4, 0.5) is 23.2 Å². The number of aliphatic hydroxyl groups is 1. The molecule has 0 aliphatic heterocycles. The van der Waals surface area contributed by atoms with Gasteiger partial charge in [0.15, 0.2) is 5.60 Å². The predicted octanol–water partition coefficient (Wildman–Crippen LogP) is 5.11. The average Bonchev–Trinajstić information content (AvgIpc) is 2.75. The van der Waals surface area contributed by atoms with Crippen molar-refractivity contribution < 1.29 is 27.4 Å². The molecule has 0 saturated carbocycles. The van der Waals surface area contributed by atoms with Crippen molar-refractivity contribution >= 4 is 22.7 Å². The molecule has 0 saturated heterocycles. The van der Waals surface area contributed by atoms with Crippen LogP contribution in [-0.4, -0.2) is 35.2 Å². The van der Waals surface area contributed by atoms with Crippen molar-refractivity contribution in [3.8, 4) is 5.75 Å². The topological polar surface area (TPSA) is 74.7 Å². The second-order valence-corrected chi connectivity index (χ2v) is 7.59. The van der Waals surface area contributed by atoms with E-state index in [1.54, 1.807) is 0 Å². The number of benzene rings is 2. The number of methoxy groups -OCH3 is 1. The third-order valence-electron chi connectivity index (χ3n) is 5.78. The number of ether oxygens (including phenoxy) is 1. The number of aliphatic imine (C=N–C) groups is 1. The van der Waals surface area contributed by atoms with E-state index < -0.39 is 35.0 Å². The second-order valence-electron chi connectivity index (χ2n) is 7.59. The molecule has 3 rings (SSSR count). The van der Waals surface area contributed by atoms with E-state index >= 15 is 0 Å². The van der Waals surface area contributed by atoms with E-state index in [0.29, 0.717) is 17.2 Å². The lowest BCUT2D eigenvalue weighted by molar-refractivity contribution is -0.246. The lowest BCUT2D eigenvalue weighted by Crippen LogP contribution is -2.53. The maximum absolute atomic E-state index is 14.1. The van der Waals surface area contributed by atoms with Gasteiger partial charge in [0, 0.05) is 35.2 Å². The molecule has 0 amide bonds. The number of rotatable bonds is 6. The number of nitrogens with zero attached hydrogens (tertiary/aromatic N) is 1. The molecule has 3 atom stereocenters. The Morgan fingerprint density at radius 3 is 2.50 bits per heavy atom. The number of nitrogens with one attached hydrogen (secondary N) is 1. The van der Waals surface area contributed by atoms with Gasteiger partial charge in [-0.15, -0.1) is 0 Å². The van der Waals surface area contributed by atoms with Gasteiger partial charge in [-0.2, -0.15) is 13.2 Å². The molecular weight excluding hydrogens is 428 g/mol. The Morgan fingerprint density at radius 2 is 1.84 bits per heavy atom. The molecule has 9 heteroatoms. The number of hydrogen-bond donors (Lipinski definition) is 2. The van der Waals surface area contributed by atoms with Crippen LogP contribution in [0.5, 0.6) is 5.75 Å². The molecule has 2 N–H and O–H groups in total. The Hall–Kier alpha value is -3.20. The minimum atomic E-state index is -5.06. The number of aromatic nitrogens is 1. The Bertz CT molecular complexity index is 1210. The zero-order chi connectivity index (χ0) is 23.7. The predicted molar refractivity (Wildman–Crippen MR) is 114 cm³/mol. The lowest BCUT2D eigenvalue weighted by atomic mass is 9.77. The highest BCUT2D eigenvalue weighted by Gasteiger charge is 2.57. The van der Waals surface area contributed by atoms with Gasteiger partial charge in [0.05, 0.1) is 12.8 Å². The van der Waals surface area contributed by atoms with Crippen LogP contribution in [0.15, 0.2) is 58.4 Å². The van der Waals surface area contributed by atoms with E-state index in [1.807, 2.05) is 0 Å². The molecule has 0 spiro atoms. The van der Waals surface area contributed by atoms with E-state index in [1.165, 1.54) is 57.5 Å². The summed E-state index contributed by atoms with van der Waals surface area (Å²) in [5, 5.41) is 11.4. The molecule has 3 aromatic rings. The molecule has 3 unspecified atom stereocenters. The van der Waals surface area contributed by atoms with Crippen LogP contribution < -0.4 is 10.3 Å². The Morgan fingerprint density at radius 1 is 1.12 bits per heavy atom. The van der Waals surface area contributed by atoms with Gasteiger partial charge in [0.25, 0.3) is 5.56 Å². The Kier molecular flexibility index (Phi) is 6.41. The van der Waals surface area contributed by atoms with Gasteiger partial charge >= 0.3 is 6.18 Å². The number of aromatic amines is 1. The Labute approximate surface area is 181 Å². The quantitative estimate of drug-likeness (QED) is 0.405. The molecule has 5 nitrogen and oxygen atoms in total. The van der Waals surface area contributed by atoms with Gasteiger partial charge in [0.1, 0.15) is 11.6 Å². The van der Waals surface area contributed by atoms with Crippen LogP contribution in [0, 0.1) is 11.7 Å². The van der Waals surface area contributed by atoms with Crippen LogP contribution in [0.25, 0.3) is 10.8 Å². The first-order valence-electron chi connectivity index (χ1n) is 9.77. The van der Waals surface area contributed by atoms with Crippen molar-refractivity contribution in [2.75, 3.05) is 7.11 Å². The average molecular weight is 450 g/mol. The second kappa shape index (κ2) is 8.74. The number of H-pyrrole nitrogens is 1. The fraction of sp³-hybridized carbons (Fsp3) is 0.304. The Balaban J connectivity index is 2.06. The SMILES string of the molecule is COc1cc(F)ccc1C(C)C(C)C(O)(C=Nc1cccc2c(=O)[nH]ccc12)C(F)(F)F. The zero-order valence-electron chi connectivity index (χ0n) is 17.6. The standard InChI is InChI=1S/C23H22F4N2O3/c1-13(16-8-7-15(24)11-20(16)32-3)14(2)22(31,23(25,26)27)12-29-19-6-4-5-18-17(19)9-10-28-21(18)30/h4-14,31H,1-3H3,(H,28,30). The summed E-state index contributed by atoms with van der Waals surface area (Å²) in [6.07, 6.45) is -3.23. The largest absolute Gasteiger partial charge is 0.496 e. The summed E-state index contributed by atoms with van der Waals surface area (Å²) in [5.74, 6) is -2.80. The van der Waals surface area contributed by atoms with Gasteiger partial charge in [-0.3, -0.25) is 9.79 Å². The van der Waals surface area contributed by atoms with Gasteiger partial charge < -0.3 is 14.8 Å². The monoisotopic (exact) mass is 450 g/mol. The van der Waals surface area contributed by atoms with Gasteiger partial charge in [0.2, 0.25) is 0 Å². The molecule has 0 bridgehead atoms. The van der Waals surface area contributed by atoms with Crippen molar-refractivity contribution in [2.24, 2.45) is 10.9 Å². The molecule has 0 radical (unpaired) electrons. The number of halogens is 4. The molecule has 0 fully saturated rings. The maximum atomic E-state index is 14.1. The fourth-order valence-corrected chi connectivity index (χ4v) is 3.65. The molecule has 170 valence electrons.